The van der Waals surface area contributed by atoms with Crippen molar-refractivity contribution in [3.8, 4) is 11.3 Å². The van der Waals surface area contributed by atoms with Gasteiger partial charge in [-0.15, -0.1) is 0 Å². The molecule has 1 aromatic carbocycles. The Balaban J connectivity index is 1.78. The van der Waals surface area contributed by atoms with Crippen LogP contribution in [0.5, 0.6) is 0 Å². The number of halogens is 1. The zero-order chi connectivity index (χ0) is 18.1. The number of benzene rings is 1. The van der Waals surface area contributed by atoms with Crippen molar-refractivity contribution in [1.29, 1.82) is 0 Å². The van der Waals surface area contributed by atoms with Gasteiger partial charge in [0.2, 0.25) is 0 Å². The third kappa shape index (κ3) is 3.31. The number of aryl methyl sites for hydroxylation is 2. The zero-order valence-electron chi connectivity index (χ0n) is 14.6. The van der Waals surface area contributed by atoms with Crippen molar-refractivity contribution in [3.05, 3.63) is 58.8 Å². The number of amides is 1. The highest BCUT2D eigenvalue weighted by atomic mass is 19.1. The molecule has 0 atom stereocenters. The summed E-state index contributed by atoms with van der Waals surface area (Å²) in [6.45, 7) is 4.32. The summed E-state index contributed by atoms with van der Waals surface area (Å²) in [6, 6.07) is 7.39. The molecule has 2 heterocycles. The van der Waals surface area contributed by atoms with Crippen LogP contribution in [0.4, 0.5) is 4.39 Å². The van der Waals surface area contributed by atoms with Gasteiger partial charge in [-0.05, 0) is 38.1 Å². The van der Waals surface area contributed by atoms with E-state index in [4.69, 9.17) is 4.52 Å². The summed E-state index contributed by atoms with van der Waals surface area (Å²) in [4.78, 5) is 14.2. The van der Waals surface area contributed by atoms with Crippen molar-refractivity contribution in [1.82, 2.24) is 19.8 Å². The minimum absolute atomic E-state index is 0.209. The highest BCUT2D eigenvalue weighted by Crippen LogP contribution is 2.22. The number of aromatic nitrogens is 3. The lowest BCUT2D eigenvalue weighted by molar-refractivity contribution is 0.0774. The predicted molar refractivity (Wildman–Crippen MR) is 90.4 cm³/mol. The summed E-state index contributed by atoms with van der Waals surface area (Å²) < 4.78 is 20.0. The Labute approximate surface area is 144 Å². The Morgan fingerprint density at radius 2 is 1.96 bits per heavy atom. The maximum atomic E-state index is 13.0. The van der Waals surface area contributed by atoms with Crippen LogP contribution in [-0.2, 0) is 13.6 Å². The van der Waals surface area contributed by atoms with Crippen molar-refractivity contribution in [3.63, 3.8) is 0 Å². The highest BCUT2D eigenvalue weighted by molar-refractivity contribution is 5.92. The number of carbonyl (C=O) groups is 1. The van der Waals surface area contributed by atoms with E-state index < -0.39 is 0 Å². The average Bonchev–Trinajstić information content (AvgIpc) is 3.16. The van der Waals surface area contributed by atoms with Crippen LogP contribution >= 0.6 is 0 Å². The Hall–Kier alpha value is -2.96. The van der Waals surface area contributed by atoms with Gasteiger partial charge in [0, 0.05) is 43.5 Å². The van der Waals surface area contributed by atoms with Gasteiger partial charge in [0.05, 0.1) is 5.69 Å². The molecule has 2 aromatic heterocycles. The SMILES string of the molecule is Cc1nn(C)c(C)c1CN(C)C(=O)c1cc(-c2ccc(F)cc2)on1. The minimum Gasteiger partial charge on any atom is -0.355 e. The van der Waals surface area contributed by atoms with Crippen molar-refractivity contribution in [2.75, 3.05) is 7.05 Å². The highest BCUT2D eigenvalue weighted by Gasteiger charge is 2.20. The average molecular weight is 342 g/mol. The molecule has 0 fully saturated rings. The van der Waals surface area contributed by atoms with Crippen LogP contribution in [0.1, 0.15) is 27.4 Å². The number of carbonyl (C=O) groups excluding carboxylic acids is 1. The standard InChI is InChI=1S/C18H19FN4O2/c1-11-15(12(2)23(4)20-11)10-22(3)18(24)16-9-17(25-21-16)13-5-7-14(19)8-6-13/h5-9H,10H2,1-4H3. The second-order valence-corrected chi connectivity index (χ2v) is 6.02. The van der Waals surface area contributed by atoms with Gasteiger partial charge in [0.15, 0.2) is 11.5 Å². The Morgan fingerprint density at radius 1 is 1.28 bits per heavy atom. The largest absolute Gasteiger partial charge is 0.355 e. The lowest BCUT2D eigenvalue weighted by Crippen LogP contribution is -2.27. The summed E-state index contributed by atoms with van der Waals surface area (Å²) in [6.07, 6.45) is 0. The molecule has 0 saturated heterocycles. The summed E-state index contributed by atoms with van der Waals surface area (Å²) >= 11 is 0. The van der Waals surface area contributed by atoms with Crippen LogP contribution in [0.15, 0.2) is 34.9 Å². The molecule has 0 unspecified atom stereocenters. The molecule has 0 aliphatic carbocycles. The van der Waals surface area contributed by atoms with Gasteiger partial charge in [-0.1, -0.05) is 5.16 Å². The van der Waals surface area contributed by atoms with Crippen LogP contribution in [0.3, 0.4) is 0 Å². The number of hydrogen-bond acceptors (Lipinski definition) is 4. The quantitative estimate of drug-likeness (QED) is 0.731. The zero-order valence-corrected chi connectivity index (χ0v) is 14.6. The van der Waals surface area contributed by atoms with E-state index in [-0.39, 0.29) is 17.4 Å². The summed E-state index contributed by atoms with van der Waals surface area (Å²) in [5, 5.41) is 8.21. The second kappa shape index (κ2) is 6.51. The fourth-order valence-corrected chi connectivity index (χ4v) is 2.68. The smallest absolute Gasteiger partial charge is 0.276 e. The van der Waals surface area contributed by atoms with Crippen LogP contribution in [0, 0.1) is 19.7 Å². The molecule has 0 aliphatic heterocycles. The second-order valence-electron chi connectivity index (χ2n) is 6.02. The van der Waals surface area contributed by atoms with Crippen molar-refractivity contribution in [2.24, 2.45) is 7.05 Å². The first kappa shape index (κ1) is 16.9. The van der Waals surface area contributed by atoms with Crippen LogP contribution in [-0.4, -0.2) is 32.8 Å². The number of nitrogens with zero attached hydrogens (tertiary/aromatic N) is 4. The molecule has 1 amide bonds. The molecule has 6 nitrogen and oxygen atoms in total. The summed E-state index contributed by atoms with van der Waals surface area (Å²) in [5.74, 6) is -0.160. The molecular formula is C18H19FN4O2. The third-order valence-corrected chi connectivity index (χ3v) is 4.26. The molecule has 0 aliphatic rings. The molecule has 0 N–H and O–H groups in total. The van der Waals surface area contributed by atoms with Gasteiger partial charge < -0.3 is 9.42 Å². The van der Waals surface area contributed by atoms with E-state index in [0.717, 1.165) is 17.0 Å². The summed E-state index contributed by atoms with van der Waals surface area (Å²) in [5.41, 5.74) is 3.80. The van der Waals surface area contributed by atoms with Gasteiger partial charge in [-0.3, -0.25) is 9.48 Å². The van der Waals surface area contributed by atoms with Crippen LogP contribution < -0.4 is 0 Å². The Bertz CT molecular complexity index is 912. The molecule has 0 radical (unpaired) electrons. The maximum absolute atomic E-state index is 13.0. The minimum atomic E-state index is -0.332. The fraction of sp³-hybridized carbons (Fsp3) is 0.278. The van der Waals surface area contributed by atoms with Crippen molar-refractivity contribution < 1.29 is 13.7 Å². The fourth-order valence-electron chi connectivity index (χ4n) is 2.68. The predicted octanol–water partition coefficient (Wildman–Crippen LogP) is 3.10. The van der Waals surface area contributed by atoms with Gasteiger partial charge >= 0.3 is 0 Å². The molecule has 0 spiro atoms. The first-order valence-electron chi connectivity index (χ1n) is 7.84. The van der Waals surface area contributed by atoms with Gasteiger partial charge in [0.1, 0.15) is 5.82 Å². The topological polar surface area (TPSA) is 64.2 Å². The lowest BCUT2D eigenvalue weighted by Gasteiger charge is -2.15. The van der Waals surface area contributed by atoms with Crippen molar-refractivity contribution >= 4 is 5.91 Å². The lowest BCUT2D eigenvalue weighted by atomic mass is 10.1. The maximum Gasteiger partial charge on any atom is 0.276 e. The monoisotopic (exact) mass is 342 g/mol. The van der Waals surface area contributed by atoms with Gasteiger partial charge in [0.25, 0.3) is 5.91 Å². The molecule has 0 bridgehead atoms. The molecule has 25 heavy (non-hydrogen) atoms. The van der Waals surface area contributed by atoms with E-state index >= 15 is 0 Å². The molecule has 130 valence electrons. The first-order valence-corrected chi connectivity index (χ1v) is 7.84. The van der Waals surface area contributed by atoms with Gasteiger partial charge in [-0.25, -0.2) is 4.39 Å². The van der Waals surface area contributed by atoms with E-state index in [1.165, 1.54) is 12.1 Å². The van der Waals surface area contributed by atoms with E-state index in [0.29, 0.717) is 17.9 Å². The Kier molecular flexibility index (Phi) is 4.39. The molecule has 7 heteroatoms. The Morgan fingerprint density at radius 3 is 2.56 bits per heavy atom. The van der Waals surface area contributed by atoms with Crippen LogP contribution in [0.25, 0.3) is 11.3 Å². The molecule has 3 rings (SSSR count). The third-order valence-electron chi connectivity index (χ3n) is 4.26. The molecule has 3 aromatic rings. The molecular weight excluding hydrogens is 323 g/mol. The van der Waals surface area contributed by atoms with E-state index in [1.54, 1.807) is 34.8 Å². The van der Waals surface area contributed by atoms with Crippen molar-refractivity contribution in [2.45, 2.75) is 20.4 Å². The molecule has 0 saturated carbocycles. The summed E-state index contributed by atoms with van der Waals surface area (Å²) in [7, 11) is 3.58. The normalized spacial score (nSPS) is 10.9. The van der Waals surface area contributed by atoms with E-state index in [9.17, 15) is 9.18 Å². The van der Waals surface area contributed by atoms with E-state index in [1.807, 2.05) is 20.9 Å². The first-order chi connectivity index (χ1) is 11.9. The number of hydrogen-bond donors (Lipinski definition) is 0. The van der Waals surface area contributed by atoms with E-state index in [2.05, 4.69) is 10.3 Å². The van der Waals surface area contributed by atoms with Crippen LogP contribution in [0.2, 0.25) is 0 Å². The van der Waals surface area contributed by atoms with Gasteiger partial charge in [-0.2, -0.15) is 5.10 Å². The number of rotatable bonds is 4.